The number of rotatable bonds is 9. The summed E-state index contributed by atoms with van der Waals surface area (Å²) in [5.74, 6) is -0.292. The van der Waals surface area contributed by atoms with Crippen molar-refractivity contribution in [2.45, 2.75) is 26.3 Å². The monoisotopic (exact) mass is 307 g/mol. The summed E-state index contributed by atoms with van der Waals surface area (Å²) in [7, 11) is 1.61. The third-order valence-corrected chi connectivity index (χ3v) is 3.17. The lowest BCUT2D eigenvalue weighted by Gasteiger charge is -2.12. The fraction of sp³-hybridized carbons (Fsp3) is 0.500. The summed E-state index contributed by atoms with van der Waals surface area (Å²) < 4.78 is 4.89. The van der Waals surface area contributed by atoms with E-state index < -0.39 is 0 Å². The SMILES string of the molecule is CCC(C)NC(=O)c1cccc(NC(=O)CNCCOC)c1. The van der Waals surface area contributed by atoms with Gasteiger partial charge in [0.05, 0.1) is 13.2 Å². The maximum Gasteiger partial charge on any atom is 0.251 e. The third-order valence-electron chi connectivity index (χ3n) is 3.17. The minimum atomic E-state index is -0.157. The Kier molecular flexibility index (Phi) is 8.17. The average Bonchev–Trinajstić information content (AvgIpc) is 2.51. The number of benzene rings is 1. The minimum Gasteiger partial charge on any atom is -0.383 e. The van der Waals surface area contributed by atoms with Gasteiger partial charge in [0, 0.05) is 30.9 Å². The maximum absolute atomic E-state index is 12.0. The van der Waals surface area contributed by atoms with E-state index in [2.05, 4.69) is 16.0 Å². The van der Waals surface area contributed by atoms with Crippen LogP contribution in [0.1, 0.15) is 30.6 Å². The molecule has 0 aliphatic carbocycles. The zero-order valence-electron chi connectivity index (χ0n) is 13.4. The van der Waals surface area contributed by atoms with Crippen LogP contribution in [0.4, 0.5) is 5.69 Å². The van der Waals surface area contributed by atoms with Gasteiger partial charge >= 0.3 is 0 Å². The van der Waals surface area contributed by atoms with Crippen LogP contribution in [0.15, 0.2) is 24.3 Å². The molecule has 2 amide bonds. The first-order valence-electron chi connectivity index (χ1n) is 7.47. The normalized spacial score (nSPS) is 11.8. The van der Waals surface area contributed by atoms with Gasteiger partial charge < -0.3 is 20.7 Å². The molecule has 0 fully saturated rings. The molecule has 6 heteroatoms. The Morgan fingerprint density at radius 2 is 2.09 bits per heavy atom. The number of hydrogen-bond acceptors (Lipinski definition) is 4. The van der Waals surface area contributed by atoms with Crippen molar-refractivity contribution in [3.8, 4) is 0 Å². The van der Waals surface area contributed by atoms with Crippen molar-refractivity contribution in [1.29, 1.82) is 0 Å². The number of carbonyl (C=O) groups is 2. The van der Waals surface area contributed by atoms with Gasteiger partial charge in [0.1, 0.15) is 0 Å². The first-order valence-corrected chi connectivity index (χ1v) is 7.47. The van der Waals surface area contributed by atoms with Crippen LogP contribution >= 0.6 is 0 Å². The number of methoxy groups -OCH3 is 1. The van der Waals surface area contributed by atoms with E-state index in [1.807, 2.05) is 13.8 Å². The molecule has 1 aromatic rings. The van der Waals surface area contributed by atoms with Crippen LogP contribution in [0.25, 0.3) is 0 Å². The topological polar surface area (TPSA) is 79.5 Å². The summed E-state index contributed by atoms with van der Waals surface area (Å²) in [6.07, 6.45) is 0.870. The van der Waals surface area contributed by atoms with Gasteiger partial charge in [0.2, 0.25) is 5.91 Å². The van der Waals surface area contributed by atoms with Gasteiger partial charge in [-0.3, -0.25) is 9.59 Å². The Bertz CT molecular complexity index is 491. The van der Waals surface area contributed by atoms with Crippen LogP contribution in [0.3, 0.4) is 0 Å². The molecule has 0 radical (unpaired) electrons. The van der Waals surface area contributed by atoms with E-state index in [0.717, 1.165) is 6.42 Å². The lowest BCUT2D eigenvalue weighted by Crippen LogP contribution is -2.32. The van der Waals surface area contributed by atoms with Gasteiger partial charge in [-0.1, -0.05) is 13.0 Å². The molecule has 1 rings (SSSR count). The zero-order valence-corrected chi connectivity index (χ0v) is 13.4. The van der Waals surface area contributed by atoms with Gasteiger partial charge in [0.15, 0.2) is 0 Å². The molecule has 1 atom stereocenters. The van der Waals surface area contributed by atoms with E-state index in [4.69, 9.17) is 4.74 Å². The Balaban J connectivity index is 2.53. The Morgan fingerprint density at radius 3 is 2.77 bits per heavy atom. The summed E-state index contributed by atoms with van der Waals surface area (Å²) in [6, 6.07) is 7.03. The highest BCUT2D eigenvalue weighted by Crippen LogP contribution is 2.11. The maximum atomic E-state index is 12.0. The van der Waals surface area contributed by atoms with Crippen molar-refractivity contribution < 1.29 is 14.3 Å². The lowest BCUT2D eigenvalue weighted by atomic mass is 10.1. The molecule has 1 unspecified atom stereocenters. The van der Waals surface area contributed by atoms with Crippen molar-refractivity contribution in [2.24, 2.45) is 0 Å². The van der Waals surface area contributed by atoms with E-state index in [1.165, 1.54) is 0 Å². The van der Waals surface area contributed by atoms with Gasteiger partial charge in [-0.2, -0.15) is 0 Å². The average molecular weight is 307 g/mol. The first kappa shape index (κ1) is 18.1. The molecule has 122 valence electrons. The van der Waals surface area contributed by atoms with Crippen LogP contribution < -0.4 is 16.0 Å². The second-order valence-corrected chi connectivity index (χ2v) is 5.08. The van der Waals surface area contributed by atoms with Gasteiger partial charge in [-0.05, 0) is 31.5 Å². The molecular formula is C16H25N3O3. The van der Waals surface area contributed by atoms with Crippen molar-refractivity contribution in [2.75, 3.05) is 32.1 Å². The number of carbonyl (C=O) groups excluding carboxylic acids is 2. The van der Waals surface area contributed by atoms with Crippen LogP contribution in [0.2, 0.25) is 0 Å². The van der Waals surface area contributed by atoms with Gasteiger partial charge in [-0.25, -0.2) is 0 Å². The Labute approximate surface area is 131 Å². The second-order valence-electron chi connectivity index (χ2n) is 5.08. The van der Waals surface area contributed by atoms with Crippen LogP contribution in [0.5, 0.6) is 0 Å². The van der Waals surface area contributed by atoms with Crippen molar-refractivity contribution in [3.63, 3.8) is 0 Å². The molecule has 0 aromatic heterocycles. The predicted molar refractivity (Wildman–Crippen MR) is 87.0 cm³/mol. The Hall–Kier alpha value is -1.92. The fourth-order valence-corrected chi connectivity index (χ4v) is 1.73. The molecule has 0 saturated carbocycles. The van der Waals surface area contributed by atoms with Crippen molar-refractivity contribution in [3.05, 3.63) is 29.8 Å². The molecule has 1 aromatic carbocycles. The highest BCUT2D eigenvalue weighted by molar-refractivity contribution is 5.97. The molecule has 6 nitrogen and oxygen atoms in total. The molecule has 22 heavy (non-hydrogen) atoms. The molecule has 0 aliphatic heterocycles. The summed E-state index contributed by atoms with van der Waals surface area (Å²) in [5, 5.41) is 8.62. The minimum absolute atomic E-state index is 0.121. The molecule has 3 N–H and O–H groups in total. The standard InChI is InChI=1S/C16H25N3O3/c1-4-12(2)18-16(21)13-6-5-7-14(10-13)19-15(20)11-17-8-9-22-3/h5-7,10,12,17H,4,8-9,11H2,1-3H3,(H,18,21)(H,19,20). The first-order chi connectivity index (χ1) is 10.6. The fourth-order valence-electron chi connectivity index (χ4n) is 1.73. The predicted octanol–water partition coefficient (Wildman–Crippen LogP) is 1.39. The zero-order chi connectivity index (χ0) is 16.4. The van der Waals surface area contributed by atoms with Crippen molar-refractivity contribution in [1.82, 2.24) is 10.6 Å². The number of amides is 2. The summed E-state index contributed by atoms with van der Waals surface area (Å²) >= 11 is 0. The molecule has 0 spiro atoms. The van der Waals surface area contributed by atoms with Crippen molar-refractivity contribution >= 4 is 17.5 Å². The molecule has 0 bridgehead atoms. The highest BCUT2D eigenvalue weighted by atomic mass is 16.5. The molecule has 0 heterocycles. The quantitative estimate of drug-likeness (QED) is 0.602. The van der Waals surface area contributed by atoms with E-state index in [0.29, 0.717) is 24.4 Å². The molecule has 0 aliphatic rings. The van der Waals surface area contributed by atoms with E-state index in [1.54, 1.807) is 31.4 Å². The third kappa shape index (κ3) is 6.69. The summed E-state index contributed by atoms with van der Waals surface area (Å²) in [5.41, 5.74) is 1.14. The number of nitrogens with one attached hydrogen (secondary N) is 3. The number of anilines is 1. The lowest BCUT2D eigenvalue weighted by molar-refractivity contribution is -0.115. The summed E-state index contributed by atoms with van der Waals surface area (Å²) in [4.78, 5) is 23.8. The van der Waals surface area contributed by atoms with Gasteiger partial charge in [0.25, 0.3) is 5.91 Å². The second kappa shape index (κ2) is 9.92. The van der Waals surface area contributed by atoms with Crippen LogP contribution in [0, 0.1) is 0 Å². The van der Waals surface area contributed by atoms with E-state index in [-0.39, 0.29) is 24.4 Å². The van der Waals surface area contributed by atoms with Gasteiger partial charge in [-0.15, -0.1) is 0 Å². The van der Waals surface area contributed by atoms with E-state index in [9.17, 15) is 9.59 Å². The smallest absolute Gasteiger partial charge is 0.251 e. The van der Waals surface area contributed by atoms with Crippen LogP contribution in [-0.2, 0) is 9.53 Å². The number of hydrogen-bond donors (Lipinski definition) is 3. The van der Waals surface area contributed by atoms with E-state index >= 15 is 0 Å². The largest absolute Gasteiger partial charge is 0.383 e. The molecular weight excluding hydrogens is 282 g/mol. The molecule has 0 saturated heterocycles. The summed E-state index contributed by atoms with van der Waals surface area (Å²) in [6.45, 7) is 5.33. The highest BCUT2D eigenvalue weighted by Gasteiger charge is 2.09. The van der Waals surface area contributed by atoms with Crippen LogP contribution in [-0.4, -0.2) is 44.7 Å². The Morgan fingerprint density at radius 1 is 1.32 bits per heavy atom. The number of ether oxygens (including phenoxy) is 1.